The van der Waals surface area contributed by atoms with Gasteiger partial charge in [-0.15, -0.1) is 28.1 Å². The maximum Gasteiger partial charge on any atom is 0.236 e. The van der Waals surface area contributed by atoms with Crippen LogP contribution in [0.1, 0.15) is 11.4 Å². The van der Waals surface area contributed by atoms with Crippen molar-refractivity contribution < 1.29 is 9.53 Å². The van der Waals surface area contributed by atoms with Crippen molar-refractivity contribution in [1.29, 1.82) is 0 Å². The van der Waals surface area contributed by atoms with E-state index in [9.17, 15) is 4.79 Å². The highest BCUT2D eigenvalue weighted by atomic mass is 35.5. The molecule has 4 rings (SSSR count). The number of ether oxygens (including phenoxy) is 1. The number of nitrogens with zero attached hydrogens (tertiary/aromatic N) is 4. The third kappa shape index (κ3) is 6.25. The van der Waals surface area contributed by atoms with E-state index in [0.717, 1.165) is 11.3 Å². The SMILES string of the molecule is C=CCn1c(COc2ccc(Cl)cc2)nnc1SCC(=O)Nc1nc(-c2ccc(C)cc2)cs1. The molecule has 0 radical (unpaired) electrons. The maximum absolute atomic E-state index is 12.5. The zero-order valence-electron chi connectivity index (χ0n) is 18.4. The van der Waals surface area contributed by atoms with Crippen LogP contribution >= 0.6 is 34.7 Å². The van der Waals surface area contributed by atoms with Crippen LogP contribution < -0.4 is 10.1 Å². The molecule has 34 heavy (non-hydrogen) atoms. The fourth-order valence-corrected chi connectivity index (χ4v) is 4.63. The number of rotatable bonds is 10. The van der Waals surface area contributed by atoms with E-state index in [1.165, 1.54) is 28.7 Å². The Balaban J connectivity index is 1.34. The smallest absolute Gasteiger partial charge is 0.236 e. The molecule has 0 saturated carbocycles. The number of allylic oxidation sites excluding steroid dienone is 1. The predicted octanol–water partition coefficient (Wildman–Crippen LogP) is 5.86. The molecule has 0 fully saturated rings. The first kappa shape index (κ1) is 24.0. The van der Waals surface area contributed by atoms with Crippen LogP contribution in [0.3, 0.4) is 0 Å². The Morgan fingerprint density at radius 1 is 1.21 bits per heavy atom. The standard InChI is InChI=1S/C24H22ClN5O2S2/c1-3-12-30-21(13-32-19-10-8-18(25)9-11-19)28-29-24(30)34-15-22(31)27-23-26-20(14-33-23)17-6-4-16(2)5-7-17/h3-11,14H,1,12-13,15H2,2H3,(H,26,27,31). The van der Waals surface area contributed by atoms with Gasteiger partial charge in [0.05, 0.1) is 11.4 Å². The minimum absolute atomic E-state index is 0.165. The summed E-state index contributed by atoms with van der Waals surface area (Å²) in [5, 5.41) is 15.1. The summed E-state index contributed by atoms with van der Waals surface area (Å²) < 4.78 is 7.66. The number of nitrogens with one attached hydrogen (secondary N) is 1. The zero-order chi connectivity index (χ0) is 23.9. The monoisotopic (exact) mass is 511 g/mol. The molecule has 0 atom stereocenters. The minimum atomic E-state index is -0.165. The number of carbonyl (C=O) groups excluding carboxylic acids is 1. The van der Waals surface area contributed by atoms with Crippen molar-refractivity contribution in [2.24, 2.45) is 0 Å². The molecular formula is C24H22ClN5O2S2. The lowest BCUT2D eigenvalue weighted by molar-refractivity contribution is -0.113. The largest absolute Gasteiger partial charge is 0.486 e. The highest BCUT2D eigenvalue weighted by Crippen LogP contribution is 2.26. The average Bonchev–Trinajstić information content (AvgIpc) is 3.45. The van der Waals surface area contributed by atoms with Crippen molar-refractivity contribution in [2.45, 2.75) is 25.2 Å². The molecule has 0 saturated heterocycles. The molecule has 10 heteroatoms. The molecular weight excluding hydrogens is 490 g/mol. The number of aromatic nitrogens is 4. The summed E-state index contributed by atoms with van der Waals surface area (Å²) in [7, 11) is 0. The van der Waals surface area contributed by atoms with Gasteiger partial charge in [0.2, 0.25) is 5.91 Å². The van der Waals surface area contributed by atoms with Crippen LogP contribution in [0.2, 0.25) is 5.02 Å². The fraction of sp³-hybridized carbons (Fsp3) is 0.167. The number of hydrogen-bond acceptors (Lipinski definition) is 7. The van der Waals surface area contributed by atoms with Crippen LogP contribution in [-0.4, -0.2) is 31.4 Å². The van der Waals surface area contributed by atoms with E-state index in [1.54, 1.807) is 30.3 Å². The van der Waals surface area contributed by atoms with E-state index >= 15 is 0 Å². The summed E-state index contributed by atoms with van der Waals surface area (Å²) in [6, 6.07) is 15.2. The lowest BCUT2D eigenvalue weighted by Crippen LogP contribution is -2.15. The van der Waals surface area contributed by atoms with Crippen LogP contribution in [0.25, 0.3) is 11.3 Å². The van der Waals surface area contributed by atoms with Gasteiger partial charge in [-0.3, -0.25) is 9.36 Å². The summed E-state index contributed by atoms with van der Waals surface area (Å²) >= 11 is 8.61. The van der Waals surface area contributed by atoms with E-state index in [4.69, 9.17) is 16.3 Å². The van der Waals surface area contributed by atoms with E-state index in [-0.39, 0.29) is 18.3 Å². The lowest BCUT2D eigenvalue weighted by atomic mass is 10.1. The second-order valence-corrected chi connectivity index (χ2v) is 9.52. The molecule has 174 valence electrons. The predicted molar refractivity (Wildman–Crippen MR) is 138 cm³/mol. The molecule has 0 aliphatic carbocycles. The van der Waals surface area contributed by atoms with Crippen LogP contribution in [-0.2, 0) is 17.9 Å². The molecule has 2 aromatic carbocycles. The number of thiazole rings is 1. The Morgan fingerprint density at radius 2 is 1.97 bits per heavy atom. The molecule has 7 nitrogen and oxygen atoms in total. The Kier molecular flexibility index (Phi) is 7.99. The van der Waals surface area contributed by atoms with Crippen LogP contribution in [0, 0.1) is 6.92 Å². The molecule has 2 aromatic heterocycles. The van der Waals surface area contributed by atoms with Gasteiger partial charge in [0.15, 0.2) is 16.1 Å². The first-order valence-electron chi connectivity index (χ1n) is 10.4. The molecule has 0 spiro atoms. The van der Waals surface area contributed by atoms with Gasteiger partial charge in [0, 0.05) is 22.5 Å². The quantitative estimate of drug-likeness (QED) is 0.212. The van der Waals surface area contributed by atoms with Crippen LogP contribution in [0.4, 0.5) is 5.13 Å². The van der Waals surface area contributed by atoms with E-state index < -0.39 is 0 Å². The summed E-state index contributed by atoms with van der Waals surface area (Å²) in [5.41, 5.74) is 3.04. The molecule has 1 amide bonds. The first-order valence-corrected chi connectivity index (χ1v) is 12.6. The topological polar surface area (TPSA) is 81.9 Å². The Labute approximate surface area is 210 Å². The van der Waals surface area contributed by atoms with Gasteiger partial charge in [0.25, 0.3) is 0 Å². The zero-order valence-corrected chi connectivity index (χ0v) is 20.8. The first-order chi connectivity index (χ1) is 16.5. The van der Waals surface area contributed by atoms with Gasteiger partial charge in [-0.05, 0) is 31.2 Å². The van der Waals surface area contributed by atoms with Gasteiger partial charge in [-0.1, -0.05) is 59.3 Å². The highest BCUT2D eigenvalue weighted by Gasteiger charge is 2.15. The number of hydrogen-bond donors (Lipinski definition) is 1. The highest BCUT2D eigenvalue weighted by molar-refractivity contribution is 7.99. The Hall–Kier alpha value is -3.14. The maximum atomic E-state index is 12.5. The molecule has 4 aromatic rings. The number of amides is 1. The number of anilines is 1. The number of carbonyl (C=O) groups is 1. The number of thioether (sulfide) groups is 1. The minimum Gasteiger partial charge on any atom is -0.486 e. The molecule has 2 heterocycles. The summed E-state index contributed by atoms with van der Waals surface area (Å²) in [6.07, 6.45) is 1.75. The summed E-state index contributed by atoms with van der Waals surface area (Å²) in [5.74, 6) is 1.33. The van der Waals surface area contributed by atoms with Crippen molar-refractivity contribution in [3.63, 3.8) is 0 Å². The third-order valence-corrected chi connectivity index (χ3v) is 6.69. The van der Waals surface area contributed by atoms with Crippen molar-refractivity contribution in [3.8, 4) is 17.0 Å². The van der Waals surface area contributed by atoms with Gasteiger partial charge in [-0.25, -0.2) is 4.98 Å². The van der Waals surface area contributed by atoms with Crippen molar-refractivity contribution in [2.75, 3.05) is 11.1 Å². The van der Waals surface area contributed by atoms with Gasteiger partial charge >= 0.3 is 0 Å². The van der Waals surface area contributed by atoms with Crippen molar-refractivity contribution >= 4 is 45.7 Å². The van der Waals surface area contributed by atoms with Crippen LogP contribution in [0.5, 0.6) is 5.75 Å². The lowest BCUT2D eigenvalue weighted by Gasteiger charge is -2.09. The summed E-state index contributed by atoms with van der Waals surface area (Å²) in [6.45, 7) is 6.58. The average molecular weight is 512 g/mol. The molecule has 0 bridgehead atoms. The van der Waals surface area contributed by atoms with Crippen LogP contribution in [0.15, 0.2) is 71.7 Å². The molecule has 0 unspecified atom stereocenters. The van der Waals surface area contributed by atoms with Gasteiger partial charge in [-0.2, -0.15) is 0 Å². The van der Waals surface area contributed by atoms with Crippen molar-refractivity contribution in [1.82, 2.24) is 19.7 Å². The van der Waals surface area contributed by atoms with E-state index in [1.807, 2.05) is 41.1 Å². The Morgan fingerprint density at radius 3 is 2.71 bits per heavy atom. The number of halogens is 1. The summed E-state index contributed by atoms with van der Waals surface area (Å²) in [4.78, 5) is 17.0. The normalized spacial score (nSPS) is 10.8. The van der Waals surface area contributed by atoms with E-state index in [0.29, 0.717) is 33.4 Å². The number of aryl methyl sites for hydroxylation is 1. The van der Waals surface area contributed by atoms with E-state index in [2.05, 4.69) is 27.1 Å². The Bertz CT molecular complexity index is 1270. The fourth-order valence-electron chi connectivity index (χ4n) is 3.00. The number of benzene rings is 2. The van der Waals surface area contributed by atoms with Gasteiger partial charge < -0.3 is 10.1 Å². The van der Waals surface area contributed by atoms with Gasteiger partial charge in [0.1, 0.15) is 12.4 Å². The molecule has 1 N–H and O–H groups in total. The second kappa shape index (κ2) is 11.3. The molecule has 0 aliphatic rings. The molecule has 0 aliphatic heterocycles. The van der Waals surface area contributed by atoms with Crippen molar-refractivity contribution in [3.05, 3.63) is 83.0 Å². The third-order valence-electron chi connectivity index (χ3n) is 4.72. The second-order valence-electron chi connectivity index (χ2n) is 7.28.